The third-order valence-electron chi connectivity index (χ3n) is 3.73. The third kappa shape index (κ3) is 2.41. The first kappa shape index (κ1) is 14.0. The lowest BCUT2D eigenvalue weighted by atomic mass is 9.96. The van der Waals surface area contributed by atoms with Gasteiger partial charge in [0, 0.05) is 18.7 Å². The molecular weight excluding hydrogens is 268 g/mol. The van der Waals surface area contributed by atoms with Crippen LogP contribution in [0.1, 0.15) is 27.7 Å². The van der Waals surface area contributed by atoms with Crippen molar-refractivity contribution in [1.82, 2.24) is 0 Å². The van der Waals surface area contributed by atoms with Gasteiger partial charge in [0.05, 0.1) is 11.4 Å². The molecular formula is C16H22N2O3. The zero-order valence-electron chi connectivity index (χ0n) is 13.0. The minimum absolute atomic E-state index is 0.0837. The fraction of sp³-hybridized carbons (Fsp3) is 0.562. The van der Waals surface area contributed by atoms with E-state index in [9.17, 15) is 4.79 Å². The maximum atomic E-state index is 12.7. The molecule has 1 N–H and O–H groups in total. The van der Waals surface area contributed by atoms with E-state index >= 15 is 0 Å². The predicted octanol–water partition coefficient (Wildman–Crippen LogP) is 2.65. The number of nitrogens with one attached hydrogen (secondary N) is 1. The minimum Gasteiger partial charge on any atom is -0.486 e. The molecule has 2 heterocycles. The van der Waals surface area contributed by atoms with Crippen LogP contribution in [-0.4, -0.2) is 31.2 Å². The van der Waals surface area contributed by atoms with Crippen molar-refractivity contribution in [1.29, 1.82) is 0 Å². The summed E-state index contributed by atoms with van der Waals surface area (Å²) in [6.45, 7) is 9.83. The molecule has 5 heteroatoms. The second-order valence-corrected chi connectivity index (χ2v) is 6.57. The molecule has 0 unspecified atom stereocenters. The fourth-order valence-corrected chi connectivity index (χ4v) is 2.78. The molecule has 0 spiro atoms. The molecule has 2 aliphatic rings. The summed E-state index contributed by atoms with van der Waals surface area (Å²) in [7, 11) is 0. The number of fused-ring (bicyclic) bond motifs is 2. The van der Waals surface area contributed by atoms with Crippen LogP contribution in [0.2, 0.25) is 0 Å². The van der Waals surface area contributed by atoms with Crippen molar-refractivity contribution in [2.75, 3.05) is 30.0 Å². The highest BCUT2D eigenvalue weighted by molar-refractivity contribution is 6.07. The van der Waals surface area contributed by atoms with Crippen LogP contribution in [0.3, 0.4) is 0 Å². The highest BCUT2D eigenvalue weighted by Gasteiger charge is 2.39. The van der Waals surface area contributed by atoms with Crippen molar-refractivity contribution in [3.8, 4) is 11.5 Å². The van der Waals surface area contributed by atoms with Crippen molar-refractivity contribution in [3.63, 3.8) is 0 Å². The van der Waals surface area contributed by atoms with Crippen LogP contribution in [0.5, 0.6) is 11.5 Å². The van der Waals surface area contributed by atoms with E-state index < -0.39 is 5.54 Å². The average Bonchev–Trinajstić information content (AvgIpc) is 2.41. The predicted molar refractivity (Wildman–Crippen MR) is 82.3 cm³/mol. The molecule has 114 valence electrons. The van der Waals surface area contributed by atoms with Crippen LogP contribution >= 0.6 is 0 Å². The van der Waals surface area contributed by atoms with Crippen LogP contribution in [0.4, 0.5) is 11.4 Å². The highest BCUT2D eigenvalue weighted by Crippen LogP contribution is 2.44. The summed E-state index contributed by atoms with van der Waals surface area (Å²) in [5.41, 5.74) is 1.17. The minimum atomic E-state index is -0.619. The maximum absolute atomic E-state index is 12.7. The highest BCUT2D eigenvalue weighted by atomic mass is 16.6. The molecule has 5 nitrogen and oxygen atoms in total. The van der Waals surface area contributed by atoms with Gasteiger partial charge < -0.3 is 19.7 Å². The molecule has 0 radical (unpaired) electrons. The molecule has 0 aromatic heterocycles. The number of anilines is 2. The van der Waals surface area contributed by atoms with Gasteiger partial charge in [-0.05, 0) is 19.8 Å². The third-order valence-corrected chi connectivity index (χ3v) is 3.73. The lowest BCUT2D eigenvalue weighted by Crippen LogP contribution is -2.54. The topological polar surface area (TPSA) is 50.8 Å². The Bertz CT molecular complexity index is 581. The Hall–Kier alpha value is -1.91. The maximum Gasteiger partial charge on any atom is 0.252 e. The summed E-state index contributed by atoms with van der Waals surface area (Å²) >= 11 is 0. The summed E-state index contributed by atoms with van der Waals surface area (Å²) < 4.78 is 11.3. The zero-order valence-corrected chi connectivity index (χ0v) is 13.0. The van der Waals surface area contributed by atoms with Gasteiger partial charge in [0.1, 0.15) is 18.8 Å². The Balaban J connectivity index is 2.08. The van der Waals surface area contributed by atoms with E-state index in [1.165, 1.54) is 0 Å². The SMILES string of the molecule is CC(C)CN1C(=O)C(C)(C)Nc2cc3c(cc21)OCCO3. The van der Waals surface area contributed by atoms with Crippen molar-refractivity contribution < 1.29 is 14.3 Å². The normalized spacial score (nSPS) is 19.3. The van der Waals surface area contributed by atoms with Gasteiger partial charge >= 0.3 is 0 Å². The van der Waals surface area contributed by atoms with Crippen LogP contribution in [0.25, 0.3) is 0 Å². The number of carbonyl (C=O) groups is 1. The van der Waals surface area contributed by atoms with Gasteiger partial charge in [-0.25, -0.2) is 0 Å². The second-order valence-electron chi connectivity index (χ2n) is 6.57. The summed E-state index contributed by atoms with van der Waals surface area (Å²) in [6, 6.07) is 3.84. The van der Waals surface area contributed by atoms with E-state index in [0.717, 1.165) is 17.1 Å². The Morgan fingerprint density at radius 2 is 1.86 bits per heavy atom. The second kappa shape index (κ2) is 4.83. The standard InChI is InChI=1S/C16H22N2O3/c1-10(2)9-18-12-8-14-13(20-5-6-21-14)7-11(12)17-16(3,4)15(18)19/h7-8,10,17H,5-6,9H2,1-4H3. The van der Waals surface area contributed by atoms with E-state index in [-0.39, 0.29) is 5.91 Å². The van der Waals surface area contributed by atoms with E-state index in [2.05, 4.69) is 19.2 Å². The number of amides is 1. The number of ether oxygens (including phenoxy) is 2. The van der Waals surface area contributed by atoms with Gasteiger partial charge in [0.15, 0.2) is 11.5 Å². The molecule has 0 aliphatic carbocycles. The number of hydrogen-bond donors (Lipinski definition) is 1. The largest absolute Gasteiger partial charge is 0.486 e. The van der Waals surface area contributed by atoms with Gasteiger partial charge in [-0.1, -0.05) is 13.8 Å². The van der Waals surface area contributed by atoms with Gasteiger partial charge in [-0.3, -0.25) is 4.79 Å². The lowest BCUT2D eigenvalue weighted by molar-refractivity contribution is -0.122. The molecule has 0 fully saturated rings. The van der Waals surface area contributed by atoms with E-state index in [1.807, 2.05) is 30.9 Å². The Labute approximate surface area is 125 Å². The number of rotatable bonds is 2. The monoisotopic (exact) mass is 290 g/mol. The van der Waals surface area contributed by atoms with Crippen molar-refractivity contribution in [2.45, 2.75) is 33.2 Å². The van der Waals surface area contributed by atoms with Gasteiger partial charge in [-0.2, -0.15) is 0 Å². The Morgan fingerprint density at radius 3 is 2.48 bits per heavy atom. The van der Waals surface area contributed by atoms with Gasteiger partial charge in [-0.15, -0.1) is 0 Å². The first-order chi connectivity index (χ1) is 9.88. The zero-order chi connectivity index (χ0) is 15.2. The summed E-state index contributed by atoms with van der Waals surface area (Å²) in [4.78, 5) is 14.6. The quantitative estimate of drug-likeness (QED) is 0.909. The van der Waals surface area contributed by atoms with Crippen molar-refractivity contribution in [3.05, 3.63) is 12.1 Å². The number of nitrogens with zero attached hydrogens (tertiary/aromatic N) is 1. The molecule has 0 saturated carbocycles. The summed E-state index contributed by atoms with van der Waals surface area (Å²) in [6.07, 6.45) is 0. The number of hydrogen-bond acceptors (Lipinski definition) is 4. The van der Waals surface area contributed by atoms with Crippen molar-refractivity contribution in [2.24, 2.45) is 5.92 Å². The Morgan fingerprint density at radius 1 is 1.24 bits per heavy atom. The molecule has 21 heavy (non-hydrogen) atoms. The molecule has 1 aromatic carbocycles. The first-order valence-electron chi connectivity index (χ1n) is 7.42. The number of carbonyl (C=O) groups excluding carboxylic acids is 1. The molecule has 0 saturated heterocycles. The molecule has 1 amide bonds. The molecule has 0 atom stereocenters. The summed E-state index contributed by atoms with van der Waals surface area (Å²) in [5, 5.41) is 3.31. The molecule has 1 aromatic rings. The Kier molecular flexibility index (Phi) is 3.23. The number of benzene rings is 1. The van der Waals surface area contributed by atoms with Gasteiger partial charge in [0.2, 0.25) is 0 Å². The van der Waals surface area contributed by atoms with Gasteiger partial charge in [0.25, 0.3) is 5.91 Å². The fourth-order valence-electron chi connectivity index (χ4n) is 2.78. The van der Waals surface area contributed by atoms with E-state index in [4.69, 9.17) is 9.47 Å². The van der Waals surface area contributed by atoms with E-state index in [0.29, 0.717) is 31.4 Å². The lowest BCUT2D eigenvalue weighted by Gasteiger charge is -2.41. The van der Waals surface area contributed by atoms with Crippen LogP contribution in [0, 0.1) is 5.92 Å². The van der Waals surface area contributed by atoms with Crippen LogP contribution in [0.15, 0.2) is 12.1 Å². The van der Waals surface area contributed by atoms with Crippen molar-refractivity contribution >= 4 is 17.3 Å². The summed E-state index contributed by atoms with van der Waals surface area (Å²) in [5.74, 6) is 1.93. The molecule has 0 bridgehead atoms. The molecule has 3 rings (SSSR count). The molecule has 2 aliphatic heterocycles. The first-order valence-corrected chi connectivity index (χ1v) is 7.42. The van der Waals surface area contributed by atoms with E-state index in [1.54, 1.807) is 0 Å². The van der Waals surface area contributed by atoms with Crippen LogP contribution < -0.4 is 19.7 Å². The smallest absolute Gasteiger partial charge is 0.252 e. The average molecular weight is 290 g/mol. The van der Waals surface area contributed by atoms with Crippen LogP contribution in [-0.2, 0) is 4.79 Å².